The van der Waals surface area contributed by atoms with Crippen molar-refractivity contribution < 1.29 is 9.90 Å². The Labute approximate surface area is 142 Å². The lowest BCUT2D eigenvalue weighted by atomic mass is 10.1. The molecule has 0 aliphatic rings. The van der Waals surface area contributed by atoms with E-state index in [-0.39, 0.29) is 6.54 Å². The van der Waals surface area contributed by atoms with E-state index in [1.165, 1.54) is 64.2 Å². The predicted molar refractivity (Wildman–Crippen MR) is 97.3 cm³/mol. The number of rotatable bonds is 17. The average molecular weight is 330 g/mol. The fourth-order valence-corrected chi connectivity index (χ4v) is 2.90. The van der Waals surface area contributed by atoms with E-state index < -0.39 is 12.1 Å². The molecule has 0 heterocycles. The van der Waals surface area contributed by atoms with Gasteiger partial charge < -0.3 is 16.6 Å². The standard InChI is InChI=1S/C18H39N3O2/c1-2-3-4-5-6-7-8-9-10-11-12-13-14-21(15-17(19)20)16-18(22)23/h17H,2-16,19-20H2,1H3,(H,22,23). The van der Waals surface area contributed by atoms with Crippen LogP contribution in [-0.2, 0) is 4.79 Å². The number of hydrogen-bond donors (Lipinski definition) is 3. The SMILES string of the molecule is CCCCCCCCCCCCCCN(CC(=O)O)CC(N)N. The summed E-state index contributed by atoms with van der Waals surface area (Å²) >= 11 is 0. The number of hydrogen-bond acceptors (Lipinski definition) is 4. The van der Waals surface area contributed by atoms with E-state index in [2.05, 4.69) is 6.92 Å². The van der Waals surface area contributed by atoms with Crippen molar-refractivity contribution in [1.82, 2.24) is 4.90 Å². The van der Waals surface area contributed by atoms with E-state index in [0.29, 0.717) is 6.54 Å². The van der Waals surface area contributed by atoms with Crippen LogP contribution in [0.2, 0.25) is 0 Å². The molecule has 0 rings (SSSR count). The molecule has 0 saturated heterocycles. The number of carboxylic acid groups (broad SMARTS) is 1. The Balaban J connectivity index is 3.40. The average Bonchev–Trinajstić information content (AvgIpc) is 2.47. The number of carboxylic acids is 1. The normalized spacial score (nSPS) is 11.5. The van der Waals surface area contributed by atoms with Gasteiger partial charge in [0.25, 0.3) is 0 Å². The van der Waals surface area contributed by atoms with Crippen LogP contribution >= 0.6 is 0 Å². The van der Waals surface area contributed by atoms with Gasteiger partial charge in [-0.1, -0.05) is 77.6 Å². The third kappa shape index (κ3) is 17.5. The van der Waals surface area contributed by atoms with Gasteiger partial charge in [-0.15, -0.1) is 0 Å². The molecule has 0 aliphatic carbocycles. The van der Waals surface area contributed by atoms with Gasteiger partial charge in [0.05, 0.1) is 12.7 Å². The molecule has 0 atom stereocenters. The van der Waals surface area contributed by atoms with Gasteiger partial charge in [-0.2, -0.15) is 0 Å². The minimum Gasteiger partial charge on any atom is -0.480 e. The summed E-state index contributed by atoms with van der Waals surface area (Å²) in [7, 11) is 0. The Morgan fingerprint density at radius 2 is 1.30 bits per heavy atom. The van der Waals surface area contributed by atoms with Crippen molar-refractivity contribution in [2.45, 2.75) is 90.1 Å². The van der Waals surface area contributed by atoms with Crippen LogP contribution in [0.4, 0.5) is 0 Å². The Morgan fingerprint density at radius 1 is 0.870 bits per heavy atom. The minimum atomic E-state index is -0.815. The first-order valence-electron chi connectivity index (χ1n) is 9.51. The van der Waals surface area contributed by atoms with Gasteiger partial charge in [-0.25, -0.2) is 0 Å². The van der Waals surface area contributed by atoms with Crippen molar-refractivity contribution >= 4 is 5.97 Å². The summed E-state index contributed by atoms with van der Waals surface area (Å²) < 4.78 is 0. The molecule has 0 aliphatic heterocycles. The van der Waals surface area contributed by atoms with Crippen LogP contribution in [0.3, 0.4) is 0 Å². The van der Waals surface area contributed by atoms with Gasteiger partial charge >= 0.3 is 5.97 Å². The summed E-state index contributed by atoms with van der Waals surface area (Å²) in [6, 6.07) is 0. The van der Waals surface area contributed by atoms with E-state index in [0.717, 1.165) is 19.4 Å². The summed E-state index contributed by atoms with van der Waals surface area (Å²) in [5, 5.41) is 8.86. The minimum absolute atomic E-state index is 0.0307. The quantitative estimate of drug-likeness (QED) is 0.281. The summed E-state index contributed by atoms with van der Waals surface area (Å²) in [5.74, 6) is -0.815. The zero-order chi connectivity index (χ0) is 17.3. The third-order valence-corrected chi connectivity index (χ3v) is 4.16. The highest BCUT2D eigenvalue weighted by molar-refractivity contribution is 5.69. The molecule has 0 aromatic rings. The van der Waals surface area contributed by atoms with E-state index in [9.17, 15) is 4.79 Å². The van der Waals surface area contributed by atoms with Crippen molar-refractivity contribution in [3.05, 3.63) is 0 Å². The second-order valence-electron chi connectivity index (χ2n) is 6.68. The van der Waals surface area contributed by atoms with Crippen LogP contribution in [0.25, 0.3) is 0 Å². The molecule has 5 N–H and O–H groups in total. The molecule has 138 valence electrons. The lowest BCUT2D eigenvalue weighted by molar-refractivity contribution is -0.138. The van der Waals surface area contributed by atoms with Crippen LogP contribution in [0.1, 0.15) is 84.0 Å². The van der Waals surface area contributed by atoms with Crippen LogP contribution in [0.5, 0.6) is 0 Å². The molecule has 0 amide bonds. The Morgan fingerprint density at radius 3 is 1.70 bits per heavy atom. The number of unbranched alkanes of at least 4 members (excludes halogenated alkanes) is 11. The van der Waals surface area contributed by atoms with Gasteiger partial charge in [0.2, 0.25) is 0 Å². The van der Waals surface area contributed by atoms with Crippen molar-refractivity contribution in [2.24, 2.45) is 11.5 Å². The molecule has 5 heteroatoms. The molecular formula is C18H39N3O2. The maximum Gasteiger partial charge on any atom is 0.317 e. The monoisotopic (exact) mass is 329 g/mol. The molecule has 23 heavy (non-hydrogen) atoms. The van der Waals surface area contributed by atoms with Crippen LogP contribution in [-0.4, -0.2) is 41.8 Å². The molecule has 5 nitrogen and oxygen atoms in total. The molecule has 0 saturated carbocycles. The third-order valence-electron chi connectivity index (χ3n) is 4.16. The summed E-state index contributed by atoms with van der Waals surface area (Å²) in [6.45, 7) is 3.51. The molecule has 0 bridgehead atoms. The lowest BCUT2D eigenvalue weighted by Crippen LogP contribution is -2.45. The molecule has 0 fully saturated rings. The number of carbonyl (C=O) groups is 1. The van der Waals surface area contributed by atoms with Crippen molar-refractivity contribution in [3.8, 4) is 0 Å². The van der Waals surface area contributed by atoms with Gasteiger partial charge in [-0.05, 0) is 13.0 Å². The molecule has 0 spiro atoms. The first-order valence-corrected chi connectivity index (χ1v) is 9.51. The number of aliphatic carboxylic acids is 1. The van der Waals surface area contributed by atoms with Gasteiger partial charge in [0.15, 0.2) is 0 Å². The molecule has 0 aromatic carbocycles. The first-order chi connectivity index (χ1) is 11.1. The highest BCUT2D eigenvalue weighted by atomic mass is 16.4. The predicted octanol–water partition coefficient (Wildman–Crippen LogP) is 3.32. The first kappa shape index (κ1) is 22.4. The highest BCUT2D eigenvalue weighted by Gasteiger charge is 2.11. The maximum atomic E-state index is 10.8. The largest absolute Gasteiger partial charge is 0.480 e. The van der Waals surface area contributed by atoms with Crippen LogP contribution in [0.15, 0.2) is 0 Å². The summed E-state index contributed by atoms with van der Waals surface area (Å²) in [6.07, 6.45) is 15.2. The van der Waals surface area contributed by atoms with Crippen LogP contribution in [0, 0.1) is 0 Å². The van der Waals surface area contributed by atoms with Crippen molar-refractivity contribution in [2.75, 3.05) is 19.6 Å². The topological polar surface area (TPSA) is 92.6 Å². The van der Waals surface area contributed by atoms with Gasteiger partial charge in [0.1, 0.15) is 0 Å². The van der Waals surface area contributed by atoms with Crippen molar-refractivity contribution in [1.29, 1.82) is 0 Å². The van der Waals surface area contributed by atoms with E-state index in [1.807, 2.05) is 4.90 Å². The Kier molecular flexibility index (Phi) is 15.8. The van der Waals surface area contributed by atoms with Gasteiger partial charge in [-0.3, -0.25) is 9.69 Å². The fraction of sp³-hybridized carbons (Fsp3) is 0.944. The summed E-state index contributed by atoms with van der Waals surface area (Å²) in [5.41, 5.74) is 11.1. The van der Waals surface area contributed by atoms with E-state index in [4.69, 9.17) is 16.6 Å². The highest BCUT2D eigenvalue weighted by Crippen LogP contribution is 2.12. The second kappa shape index (κ2) is 16.2. The zero-order valence-electron chi connectivity index (χ0n) is 15.1. The van der Waals surface area contributed by atoms with E-state index in [1.54, 1.807) is 0 Å². The van der Waals surface area contributed by atoms with E-state index >= 15 is 0 Å². The smallest absolute Gasteiger partial charge is 0.317 e. The molecule has 0 radical (unpaired) electrons. The molecule has 0 aromatic heterocycles. The zero-order valence-corrected chi connectivity index (χ0v) is 15.1. The number of nitrogens with zero attached hydrogens (tertiary/aromatic N) is 1. The second-order valence-corrected chi connectivity index (χ2v) is 6.68. The Hall–Kier alpha value is -0.650. The summed E-state index contributed by atoms with van der Waals surface area (Å²) in [4.78, 5) is 12.6. The maximum absolute atomic E-state index is 10.8. The fourth-order valence-electron chi connectivity index (χ4n) is 2.90. The number of nitrogens with two attached hydrogens (primary N) is 2. The molecule has 0 unspecified atom stereocenters. The van der Waals surface area contributed by atoms with Crippen LogP contribution < -0.4 is 11.5 Å². The Bertz CT molecular complexity index is 273. The van der Waals surface area contributed by atoms with Crippen molar-refractivity contribution in [3.63, 3.8) is 0 Å². The van der Waals surface area contributed by atoms with Gasteiger partial charge in [0, 0.05) is 6.54 Å². The molecular weight excluding hydrogens is 290 g/mol. The lowest BCUT2D eigenvalue weighted by Gasteiger charge is -2.21.